The molecule has 1 aromatic heterocycles. The first-order valence-corrected chi connectivity index (χ1v) is 7.39. The third-order valence-corrected chi connectivity index (χ3v) is 3.49. The van der Waals surface area contributed by atoms with E-state index in [4.69, 9.17) is 16.0 Å². The van der Waals surface area contributed by atoms with Crippen molar-refractivity contribution in [2.75, 3.05) is 11.6 Å². The second kappa shape index (κ2) is 8.51. The Bertz CT molecular complexity index is 909. The summed E-state index contributed by atoms with van der Waals surface area (Å²) in [5.74, 6) is -0.922. The number of aliphatic carboxylic acids is 1. The van der Waals surface area contributed by atoms with Gasteiger partial charge < -0.3 is 14.3 Å². The number of oxazole rings is 1. The van der Waals surface area contributed by atoms with Crippen LogP contribution in [0.15, 0.2) is 46.9 Å². The summed E-state index contributed by atoms with van der Waals surface area (Å²) in [6.45, 7) is -0.597. The first-order valence-electron chi connectivity index (χ1n) is 7.02. The molecule has 6 nitrogen and oxygen atoms in total. The van der Waals surface area contributed by atoms with Gasteiger partial charge in [0.05, 0.1) is 18.2 Å². The van der Waals surface area contributed by atoms with Crippen LogP contribution in [0.5, 0.6) is 0 Å². The van der Waals surface area contributed by atoms with Crippen molar-refractivity contribution < 1.29 is 49.1 Å². The number of hydrogen-bond donors (Lipinski definition) is 1. The first-order chi connectivity index (χ1) is 11.5. The van der Waals surface area contributed by atoms with E-state index in [0.717, 1.165) is 5.56 Å². The van der Waals surface area contributed by atoms with Crippen molar-refractivity contribution in [1.82, 2.24) is 4.98 Å². The van der Waals surface area contributed by atoms with Crippen LogP contribution in [0, 0.1) is 0 Å². The van der Waals surface area contributed by atoms with E-state index < -0.39 is 12.5 Å². The van der Waals surface area contributed by atoms with E-state index in [0.29, 0.717) is 32.8 Å². The monoisotopic (exact) mass is 366 g/mol. The van der Waals surface area contributed by atoms with Gasteiger partial charge in [0.1, 0.15) is 5.52 Å². The maximum absolute atomic E-state index is 10.5. The van der Waals surface area contributed by atoms with E-state index in [1.54, 1.807) is 54.6 Å². The van der Waals surface area contributed by atoms with Gasteiger partial charge in [0.2, 0.25) is 5.89 Å². The van der Waals surface area contributed by atoms with Gasteiger partial charge in [-0.05, 0) is 35.9 Å². The van der Waals surface area contributed by atoms with Gasteiger partial charge in [-0.1, -0.05) is 23.7 Å². The Morgan fingerprint density at radius 1 is 1.24 bits per heavy atom. The van der Waals surface area contributed by atoms with E-state index in [-0.39, 0.29) is 29.6 Å². The molecule has 25 heavy (non-hydrogen) atoms. The summed E-state index contributed by atoms with van der Waals surface area (Å²) in [7, 11) is 0. The molecule has 0 saturated heterocycles. The molecule has 0 aliphatic heterocycles. The number of carbonyl (C=O) groups is 1. The van der Waals surface area contributed by atoms with Gasteiger partial charge >= 0.3 is 29.6 Å². The molecule has 0 aliphatic carbocycles. The quantitative estimate of drug-likeness (QED) is 0.488. The van der Waals surface area contributed by atoms with Gasteiger partial charge in [0.25, 0.3) is 0 Å². The molecule has 3 aromatic rings. The van der Waals surface area contributed by atoms with Gasteiger partial charge in [-0.3, -0.25) is 10.3 Å². The smallest absolute Gasteiger partial charge is 0.548 e. The van der Waals surface area contributed by atoms with Crippen molar-refractivity contribution in [1.29, 1.82) is 0 Å². The number of anilines is 1. The number of carboxylic acid groups (broad SMARTS) is 1. The second-order valence-electron chi connectivity index (χ2n) is 5.02. The minimum absolute atomic E-state index is 0. The van der Waals surface area contributed by atoms with Crippen LogP contribution in [0.4, 0.5) is 5.69 Å². The molecule has 2 aromatic carbocycles. The molecule has 0 bridgehead atoms. The van der Waals surface area contributed by atoms with Crippen LogP contribution in [0.1, 0.15) is 11.5 Å². The summed E-state index contributed by atoms with van der Waals surface area (Å²) in [6, 6.07) is 11.9. The van der Waals surface area contributed by atoms with Crippen LogP contribution in [0.25, 0.3) is 23.3 Å². The molecule has 0 amide bonds. The molecule has 0 fully saturated rings. The molecule has 0 unspecified atom stereocenters. The van der Waals surface area contributed by atoms with E-state index in [9.17, 15) is 15.1 Å². The largest absolute Gasteiger partial charge is 1.00 e. The van der Waals surface area contributed by atoms with Crippen LogP contribution in [0.2, 0.25) is 5.02 Å². The number of carbonyl (C=O) groups excluding carboxylic acids is 1. The second-order valence-corrected chi connectivity index (χ2v) is 5.46. The molecular weight excluding hydrogens is 355 g/mol. The van der Waals surface area contributed by atoms with Crippen molar-refractivity contribution in [3.8, 4) is 0 Å². The van der Waals surface area contributed by atoms with E-state index >= 15 is 0 Å². The molecule has 8 heteroatoms. The number of fused-ring (bicyclic) bond motifs is 1. The van der Waals surface area contributed by atoms with Crippen LogP contribution in [-0.4, -0.2) is 22.7 Å². The van der Waals surface area contributed by atoms with Crippen molar-refractivity contribution in [2.24, 2.45) is 0 Å². The average Bonchev–Trinajstić information content (AvgIpc) is 2.94. The fraction of sp³-hybridized carbons (Fsp3) is 0.0588. The van der Waals surface area contributed by atoms with Gasteiger partial charge in [-0.15, -0.1) is 0 Å². The van der Waals surface area contributed by atoms with Crippen molar-refractivity contribution in [2.45, 2.75) is 0 Å². The zero-order valence-corrected chi connectivity index (χ0v) is 16.1. The van der Waals surface area contributed by atoms with Crippen molar-refractivity contribution in [3.05, 3.63) is 58.9 Å². The number of benzene rings is 2. The summed E-state index contributed by atoms with van der Waals surface area (Å²) >= 11 is 5.90. The Kier molecular flexibility index (Phi) is 6.64. The minimum Gasteiger partial charge on any atom is -0.548 e. The molecule has 0 radical (unpaired) electrons. The Balaban J connectivity index is 0.00000225. The molecule has 1 N–H and O–H groups in total. The number of halogens is 1. The standard InChI is InChI=1S/C17H13ClN2O4.Na/c18-12-4-7-14-15(9-12)24-16(19-14)8-3-11-1-5-13(6-2-11)20(23)10-17(21)22;/h1-9,23H,10H2,(H,21,22);/q;+1/p-1/b8-3+;. The number of aromatic nitrogens is 1. The third-order valence-electron chi connectivity index (χ3n) is 3.26. The maximum atomic E-state index is 10.5. The molecule has 0 spiro atoms. The van der Waals surface area contributed by atoms with Gasteiger partial charge in [-0.25, -0.2) is 4.98 Å². The maximum Gasteiger partial charge on any atom is 1.00 e. The predicted octanol–water partition coefficient (Wildman–Crippen LogP) is -0.399. The molecule has 0 saturated carbocycles. The molecule has 122 valence electrons. The molecule has 0 atom stereocenters. The van der Waals surface area contributed by atoms with Crippen LogP contribution >= 0.6 is 11.6 Å². The fourth-order valence-corrected chi connectivity index (χ4v) is 2.29. The Labute approximate surface area is 170 Å². The van der Waals surface area contributed by atoms with Crippen molar-refractivity contribution in [3.63, 3.8) is 0 Å². The van der Waals surface area contributed by atoms with Crippen LogP contribution in [-0.2, 0) is 4.79 Å². The first kappa shape index (κ1) is 19.5. The molecule has 0 aliphatic rings. The normalized spacial score (nSPS) is 10.8. The summed E-state index contributed by atoms with van der Waals surface area (Å²) < 4.78 is 5.57. The zero-order chi connectivity index (χ0) is 17.1. The Morgan fingerprint density at radius 3 is 2.64 bits per heavy atom. The number of nitrogens with zero attached hydrogens (tertiary/aromatic N) is 2. The topological polar surface area (TPSA) is 89.6 Å². The van der Waals surface area contributed by atoms with E-state index in [1.165, 1.54) is 0 Å². The number of hydroxylamine groups is 1. The minimum atomic E-state index is -1.36. The summed E-state index contributed by atoms with van der Waals surface area (Å²) in [6.07, 6.45) is 3.50. The number of carboxylic acids is 1. The van der Waals surface area contributed by atoms with Crippen molar-refractivity contribution >= 4 is 46.5 Å². The van der Waals surface area contributed by atoms with Gasteiger partial charge in [-0.2, -0.15) is 0 Å². The number of rotatable bonds is 5. The summed E-state index contributed by atoms with van der Waals surface area (Å²) in [5, 5.41) is 21.2. The summed E-state index contributed by atoms with van der Waals surface area (Å²) in [4.78, 5) is 14.8. The van der Waals surface area contributed by atoms with Gasteiger partial charge in [0.15, 0.2) is 5.58 Å². The fourth-order valence-electron chi connectivity index (χ4n) is 2.13. The predicted molar refractivity (Wildman–Crippen MR) is 88.5 cm³/mol. The van der Waals surface area contributed by atoms with Crippen LogP contribution in [0.3, 0.4) is 0 Å². The number of hydrogen-bond acceptors (Lipinski definition) is 6. The SMILES string of the molecule is O=C([O-])CN(O)c1ccc(/C=C/c2nc3ccc(Cl)cc3o2)cc1.[Na+]. The average molecular weight is 367 g/mol. The van der Waals surface area contributed by atoms with Crippen LogP contribution < -0.4 is 39.7 Å². The van der Waals surface area contributed by atoms with E-state index in [2.05, 4.69) is 4.98 Å². The zero-order valence-electron chi connectivity index (χ0n) is 13.3. The Hall–Kier alpha value is -1.83. The molecular formula is C17H12ClN2NaO4. The molecule has 3 rings (SSSR count). The summed E-state index contributed by atoms with van der Waals surface area (Å²) in [5.41, 5.74) is 2.51. The van der Waals surface area contributed by atoms with E-state index in [1.807, 2.05) is 0 Å². The van der Waals surface area contributed by atoms with Gasteiger partial charge in [0, 0.05) is 17.2 Å². The molecule has 1 heterocycles. The Morgan fingerprint density at radius 2 is 1.96 bits per heavy atom. The third kappa shape index (κ3) is 5.07.